The van der Waals surface area contributed by atoms with E-state index in [-0.39, 0.29) is 25.5 Å². The Labute approximate surface area is 293 Å². The van der Waals surface area contributed by atoms with E-state index in [1.165, 1.54) is 49.5 Å². The van der Waals surface area contributed by atoms with Crippen molar-refractivity contribution in [3.05, 3.63) is 79.6 Å². The Kier molecular flexibility index (Phi) is 11.7. The summed E-state index contributed by atoms with van der Waals surface area (Å²) in [7, 11) is -4.26. The summed E-state index contributed by atoms with van der Waals surface area (Å²) in [6.07, 6.45) is 0. The van der Waals surface area contributed by atoms with Crippen LogP contribution in [0.5, 0.6) is 11.5 Å². The lowest BCUT2D eigenvalue weighted by Crippen LogP contribution is -2.27. The van der Waals surface area contributed by atoms with Crippen molar-refractivity contribution in [2.45, 2.75) is 66.0 Å². The molecule has 0 amide bonds. The van der Waals surface area contributed by atoms with Crippen molar-refractivity contribution < 1.29 is 40.7 Å². The number of thioether (sulfide) groups is 4. The van der Waals surface area contributed by atoms with Gasteiger partial charge in [-0.05, 0) is 30.2 Å². The van der Waals surface area contributed by atoms with Gasteiger partial charge in [0.15, 0.2) is 17.3 Å². The molecule has 0 radical (unpaired) electrons. The molecule has 2 aliphatic rings. The van der Waals surface area contributed by atoms with E-state index in [0.29, 0.717) is 19.6 Å². The number of ketones is 1. The van der Waals surface area contributed by atoms with Gasteiger partial charge < -0.3 is 9.47 Å². The standard InChI is InChI=1S/C32H28O7S5.O2S/c1-17(20-13-9-7-10-14-20)30-40-24-22(38-18(2)33)26-27(23(25(24)41-30)39-19(3)34)43-31(42-26)28(29(35)32(4,5)6)44(36,37)21-15-11-8-12-16-21;1-3-2/h7-16H,1-6H3;. The monoisotopic (exact) mass is 748 g/mol. The SMILES string of the molecule is CC(=O)Oc1c2c(c(OC(C)=O)c3c1SC(=C(C(=O)C(C)(C)C)S(=O)(=O)c1ccccc1)S3)SC(=C(C)c1ccccc1)S2.O=S=O. The third kappa shape index (κ3) is 7.98. The number of fused-ring (bicyclic) bond motifs is 2. The summed E-state index contributed by atoms with van der Waals surface area (Å²) < 4.78 is 57.4. The molecule has 9 nitrogen and oxygen atoms in total. The predicted octanol–water partition coefficient (Wildman–Crippen LogP) is 7.91. The zero-order chi connectivity index (χ0) is 34.7. The van der Waals surface area contributed by atoms with E-state index >= 15 is 0 Å². The highest BCUT2D eigenvalue weighted by Crippen LogP contribution is 2.69. The molecule has 3 aromatic rings. The minimum atomic E-state index is -4.26. The first kappa shape index (κ1) is 36.8. The summed E-state index contributed by atoms with van der Waals surface area (Å²) in [5.74, 6) is -1.23. The Morgan fingerprint density at radius 2 is 1.04 bits per heavy atom. The highest BCUT2D eigenvalue weighted by atomic mass is 32.2. The van der Waals surface area contributed by atoms with Crippen molar-refractivity contribution in [1.82, 2.24) is 0 Å². The molecule has 0 N–H and O–H groups in total. The summed E-state index contributed by atoms with van der Waals surface area (Å²) >= 11 is 4.08. The van der Waals surface area contributed by atoms with Crippen molar-refractivity contribution in [3.8, 4) is 11.5 Å². The molecule has 0 saturated carbocycles. The Morgan fingerprint density at radius 1 is 0.660 bits per heavy atom. The van der Waals surface area contributed by atoms with E-state index in [0.717, 1.165) is 38.9 Å². The molecule has 0 aromatic heterocycles. The largest absolute Gasteiger partial charge is 0.424 e. The molecule has 5 rings (SSSR count). The fourth-order valence-electron chi connectivity index (χ4n) is 4.31. The van der Waals surface area contributed by atoms with Gasteiger partial charge in [-0.3, -0.25) is 14.4 Å². The lowest BCUT2D eigenvalue weighted by atomic mass is 9.91. The topological polar surface area (TPSA) is 138 Å². The van der Waals surface area contributed by atoms with Crippen LogP contribution < -0.4 is 9.47 Å². The molecule has 2 heterocycles. The third-order valence-electron chi connectivity index (χ3n) is 6.42. The van der Waals surface area contributed by atoms with Gasteiger partial charge in [-0.1, -0.05) is 116 Å². The maximum absolute atomic E-state index is 14.0. The number of carbonyl (C=O) groups is 3. The van der Waals surface area contributed by atoms with Gasteiger partial charge in [-0.25, -0.2) is 8.42 Å². The van der Waals surface area contributed by atoms with Crippen molar-refractivity contribution in [1.29, 1.82) is 0 Å². The van der Waals surface area contributed by atoms with E-state index in [9.17, 15) is 22.8 Å². The van der Waals surface area contributed by atoms with E-state index in [2.05, 4.69) is 0 Å². The maximum atomic E-state index is 14.0. The zero-order valence-electron chi connectivity index (χ0n) is 25.9. The summed E-state index contributed by atoms with van der Waals surface area (Å²) in [5, 5.41) is 0. The molecule has 47 heavy (non-hydrogen) atoms. The number of hydrogen-bond donors (Lipinski definition) is 0. The Balaban J connectivity index is 0.00000160. The average molecular weight is 749 g/mol. The van der Waals surface area contributed by atoms with E-state index in [1.54, 1.807) is 39.0 Å². The molecule has 0 atom stereocenters. The highest BCUT2D eigenvalue weighted by molar-refractivity contribution is 8.26. The van der Waals surface area contributed by atoms with Gasteiger partial charge in [0.25, 0.3) is 0 Å². The Bertz CT molecular complexity index is 1910. The molecule has 2 aliphatic heterocycles. The van der Waals surface area contributed by atoms with Crippen LogP contribution >= 0.6 is 47.0 Å². The van der Waals surface area contributed by atoms with Crippen LogP contribution in [0.3, 0.4) is 0 Å². The summed E-state index contributed by atoms with van der Waals surface area (Å²) in [5.41, 5.74) is 0.975. The quantitative estimate of drug-likeness (QED) is 0.137. The summed E-state index contributed by atoms with van der Waals surface area (Å²) in [4.78, 5) is 40.2. The number of benzene rings is 3. The Hall–Kier alpha value is -3.08. The molecule has 15 heteroatoms. The molecular weight excluding hydrogens is 721 g/mol. The fraction of sp³-hybridized carbons (Fsp3) is 0.219. The second kappa shape index (κ2) is 15.0. The fourth-order valence-corrected chi connectivity index (χ4v) is 12.0. The van der Waals surface area contributed by atoms with Crippen LogP contribution in [0.25, 0.3) is 5.57 Å². The van der Waals surface area contributed by atoms with Crippen LogP contribution in [0.4, 0.5) is 0 Å². The van der Waals surface area contributed by atoms with Crippen LogP contribution in [0.2, 0.25) is 0 Å². The van der Waals surface area contributed by atoms with Crippen LogP contribution in [-0.4, -0.2) is 34.6 Å². The molecule has 0 spiro atoms. The van der Waals surface area contributed by atoms with Gasteiger partial charge in [0, 0.05) is 19.3 Å². The van der Waals surface area contributed by atoms with E-state index in [1.807, 2.05) is 37.3 Å². The van der Waals surface area contributed by atoms with Crippen molar-refractivity contribution in [3.63, 3.8) is 0 Å². The molecule has 0 fully saturated rings. The van der Waals surface area contributed by atoms with Gasteiger partial charge in [-0.2, -0.15) is 8.42 Å². The third-order valence-corrected chi connectivity index (χ3v) is 13.9. The zero-order valence-corrected chi connectivity index (χ0v) is 30.8. The normalized spacial score (nSPS) is 13.5. The average Bonchev–Trinajstić information content (AvgIpc) is 3.65. The number of hydrogen-bond acceptors (Lipinski definition) is 13. The number of sulfone groups is 1. The molecule has 246 valence electrons. The van der Waals surface area contributed by atoms with E-state index in [4.69, 9.17) is 17.9 Å². The molecule has 3 aromatic carbocycles. The smallest absolute Gasteiger partial charge is 0.335 e. The van der Waals surface area contributed by atoms with Gasteiger partial charge in [-0.15, -0.1) is 0 Å². The lowest BCUT2D eigenvalue weighted by Gasteiger charge is -2.20. The minimum absolute atomic E-state index is 0.0163. The second-order valence-corrected chi connectivity index (χ2v) is 17.6. The first-order valence-corrected chi connectivity index (χ1v) is 19.1. The number of allylic oxidation sites excluding steroid dienone is 2. The van der Waals surface area contributed by atoms with Gasteiger partial charge in [0.05, 0.1) is 33.0 Å². The molecule has 0 aliphatic carbocycles. The first-order valence-electron chi connectivity index (χ1n) is 13.7. The minimum Gasteiger partial charge on any atom is -0.424 e. The molecule has 0 bridgehead atoms. The van der Waals surface area contributed by atoms with Crippen LogP contribution in [0, 0.1) is 5.41 Å². The van der Waals surface area contributed by atoms with Gasteiger partial charge in [0.1, 0.15) is 4.91 Å². The highest BCUT2D eigenvalue weighted by Gasteiger charge is 2.43. The van der Waals surface area contributed by atoms with Gasteiger partial charge >= 0.3 is 23.5 Å². The van der Waals surface area contributed by atoms with Crippen molar-refractivity contribution in [2.75, 3.05) is 0 Å². The second-order valence-electron chi connectivity index (χ2n) is 10.9. The van der Waals surface area contributed by atoms with Crippen molar-refractivity contribution in [2.24, 2.45) is 5.41 Å². The lowest BCUT2D eigenvalue weighted by molar-refractivity contribution is -0.133. The number of ether oxygens (including phenoxy) is 2. The maximum Gasteiger partial charge on any atom is 0.335 e. The predicted molar refractivity (Wildman–Crippen MR) is 186 cm³/mol. The molecule has 0 saturated heterocycles. The number of esters is 2. The number of rotatable bonds is 6. The first-order chi connectivity index (χ1) is 22.1. The van der Waals surface area contributed by atoms with Gasteiger partial charge in [0.2, 0.25) is 9.84 Å². The molecular formula is C32H28O9S6. The number of carbonyl (C=O) groups excluding carboxylic acids is 3. The van der Waals surface area contributed by atoms with Crippen LogP contribution in [0.1, 0.15) is 47.1 Å². The summed E-state index contributed by atoms with van der Waals surface area (Å²) in [6.45, 7) is 9.54. The summed E-state index contributed by atoms with van der Waals surface area (Å²) in [6, 6.07) is 17.6. The van der Waals surface area contributed by atoms with Crippen molar-refractivity contribution >= 4 is 91.8 Å². The van der Waals surface area contributed by atoms with Crippen LogP contribution in [0.15, 0.2) is 98.5 Å². The number of Topliss-reactive ketones (excluding diaryl/α,β-unsaturated/α-hetero) is 1. The van der Waals surface area contributed by atoms with Crippen LogP contribution in [-0.2, 0) is 35.8 Å². The van der Waals surface area contributed by atoms with E-state index < -0.39 is 44.5 Å². The molecule has 0 unspecified atom stereocenters. The Morgan fingerprint density at radius 3 is 1.43 bits per heavy atom.